The van der Waals surface area contributed by atoms with Crippen molar-refractivity contribution in [1.29, 1.82) is 0 Å². The number of pyridine rings is 1. The predicted octanol–water partition coefficient (Wildman–Crippen LogP) is 2.46. The molecule has 24 heavy (non-hydrogen) atoms. The van der Waals surface area contributed by atoms with Gasteiger partial charge in [-0.2, -0.15) is 0 Å². The second-order valence-corrected chi connectivity index (χ2v) is 6.06. The molecule has 1 saturated heterocycles. The molecule has 1 amide bonds. The number of nitrogens with zero attached hydrogens (tertiary/aromatic N) is 2. The van der Waals surface area contributed by atoms with Gasteiger partial charge in [-0.15, -0.1) is 0 Å². The third-order valence-corrected chi connectivity index (χ3v) is 4.26. The minimum absolute atomic E-state index is 0.0109. The number of anilines is 1. The zero-order chi connectivity index (χ0) is 16.9. The van der Waals surface area contributed by atoms with Gasteiger partial charge in [-0.3, -0.25) is 14.7 Å². The normalized spacial score (nSPS) is 18.3. The molecule has 0 spiro atoms. The van der Waals surface area contributed by atoms with Crippen LogP contribution in [0.4, 0.5) is 10.1 Å². The van der Waals surface area contributed by atoms with Crippen LogP contribution >= 0.6 is 11.6 Å². The summed E-state index contributed by atoms with van der Waals surface area (Å²) in [5.74, 6) is -0.665. The molecule has 1 unspecified atom stereocenters. The van der Waals surface area contributed by atoms with Crippen LogP contribution in [-0.2, 0) is 4.79 Å². The molecular formula is C17H18ClFN4O. The van der Waals surface area contributed by atoms with Crippen LogP contribution in [0.2, 0.25) is 5.02 Å². The molecule has 1 aromatic heterocycles. The highest BCUT2D eigenvalue weighted by atomic mass is 35.5. The molecule has 2 N–H and O–H groups in total. The van der Waals surface area contributed by atoms with E-state index in [1.54, 1.807) is 6.20 Å². The Morgan fingerprint density at radius 2 is 2.33 bits per heavy atom. The van der Waals surface area contributed by atoms with Crippen LogP contribution in [0.1, 0.15) is 11.6 Å². The Morgan fingerprint density at radius 3 is 3.08 bits per heavy atom. The molecule has 7 heteroatoms. The number of amides is 1. The highest BCUT2D eigenvalue weighted by Crippen LogP contribution is 2.22. The molecule has 0 radical (unpaired) electrons. The number of aromatic nitrogens is 1. The van der Waals surface area contributed by atoms with Crippen molar-refractivity contribution in [1.82, 2.24) is 15.2 Å². The lowest BCUT2D eigenvalue weighted by molar-refractivity contribution is -0.118. The van der Waals surface area contributed by atoms with E-state index in [0.29, 0.717) is 5.69 Å². The van der Waals surface area contributed by atoms with E-state index in [1.165, 1.54) is 18.2 Å². The van der Waals surface area contributed by atoms with Crippen molar-refractivity contribution in [3.63, 3.8) is 0 Å². The van der Waals surface area contributed by atoms with E-state index < -0.39 is 5.82 Å². The van der Waals surface area contributed by atoms with E-state index in [2.05, 4.69) is 20.5 Å². The summed E-state index contributed by atoms with van der Waals surface area (Å²) >= 11 is 5.74. The fraction of sp³-hybridized carbons (Fsp3) is 0.294. The molecule has 126 valence electrons. The number of rotatable bonds is 4. The first-order valence-corrected chi connectivity index (χ1v) is 8.11. The SMILES string of the molecule is O=C(CN1CCNCC1c1cccnc1)Nc1ccc(F)c(Cl)c1. The maximum Gasteiger partial charge on any atom is 0.238 e. The molecule has 2 aromatic rings. The second-order valence-electron chi connectivity index (χ2n) is 5.65. The quantitative estimate of drug-likeness (QED) is 0.891. The number of carbonyl (C=O) groups excluding carboxylic acids is 1. The average molecular weight is 349 g/mol. The van der Waals surface area contributed by atoms with Gasteiger partial charge in [0.15, 0.2) is 0 Å². The summed E-state index contributed by atoms with van der Waals surface area (Å²) in [5.41, 5.74) is 1.56. The number of hydrogen-bond acceptors (Lipinski definition) is 4. The first kappa shape index (κ1) is 16.8. The van der Waals surface area contributed by atoms with Crippen molar-refractivity contribution in [3.05, 3.63) is 59.1 Å². The Bertz CT molecular complexity index is 713. The Hall–Kier alpha value is -2.02. The summed E-state index contributed by atoms with van der Waals surface area (Å²) < 4.78 is 13.2. The first-order chi connectivity index (χ1) is 11.6. The first-order valence-electron chi connectivity index (χ1n) is 7.73. The Labute approximate surface area is 144 Å². The van der Waals surface area contributed by atoms with E-state index in [4.69, 9.17) is 11.6 Å². The largest absolute Gasteiger partial charge is 0.325 e. The minimum atomic E-state index is -0.506. The Morgan fingerprint density at radius 1 is 1.46 bits per heavy atom. The number of halogens is 2. The van der Waals surface area contributed by atoms with Crippen LogP contribution in [0, 0.1) is 5.82 Å². The van der Waals surface area contributed by atoms with Crippen molar-refractivity contribution in [2.45, 2.75) is 6.04 Å². The predicted molar refractivity (Wildman–Crippen MR) is 91.5 cm³/mol. The molecular weight excluding hydrogens is 331 g/mol. The number of carbonyl (C=O) groups is 1. The zero-order valence-corrected chi connectivity index (χ0v) is 13.8. The van der Waals surface area contributed by atoms with Gasteiger partial charge in [-0.25, -0.2) is 4.39 Å². The van der Waals surface area contributed by atoms with Crippen LogP contribution in [0.15, 0.2) is 42.7 Å². The Kier molecular flexibility index (Phi) is 5.40. The third-order valence-electron chi connectivity index (χ3n) is 3.97. The smallest absolute Gasteiger partial charge is 0.238 e. The topological polar surface area (TPSA) is 57.3 Å². The van der Waals surface area contributed by atoms with Gasteiger partial charge < -0.3 is 10.6 Å². The van der Waals surface area contributed by atoms with Crippen molar-refractivity contribution >= 4 is 23.2 Å². The van der Waals surface area contributed by atoms with Gasteiger partial charge in [-0.05, 0) is 29.8 Å². The zero-order valence-electron chi connectivity index (χ0n) is 13.0. The molecule has 3 rings (SSSR count). The summed E-state index contributed by atoms with van der Waals surface area (Å²) in [6.45, 7) is 2.60. The fourth-order valence-corrected chi connectivity index (χ4v) is 2.98. The van der Waals surface area contributed by atoms with E-state index >= 15 is 0 Å². The van der Waals surface area contributed by atoms with Crippen LogP contribution in [-0.4, -0.2) is 42.0 Å². The molecule has 0 bridgehead atoms. The maximum atomic E-state index is 13.2. The molecule has 2 heterocycles. The highest BCUT2D eigenvalue weighted by molar-refractivity contribution is 6.31. The third kappa shape index (κ3) is 4.08. The van der Waals surface area contributed by atoms with Crippen LogP contribution in [0.25, 0.3) is 0 Å². The Balaban J connectivity index is 1.66. The van der Waals surface area contributed by atoms with E-state index in [0.717, 1.165) is 25.2 Å². The standard InChI is InChI=1S/C17H18ClFN4O/c18-14-8-13(3-4-15(14)19)22-17(24)11-23-7-6-21-10-16(23)12-2-1-5-20-9-12/h1-5,8-9,16,21H,6-7,10-11H2,(H,22,24). The van der Waals surface area contributed by atoms with Gasteiger partial charge in [-0.1, -0.05) is 17.7 Å². The second kappa shape index (κ2) is 7.70. The van der Waals surface area contributed by atoms with Crippen LogP contribution in [0.3, 0.4) is 0 Å². The summed E-state index contributed by atoms with van der Waals surface area (Å²) in [6, 6.07) is 8.13. The van der Waals surface area contributed by atoms with Gasteiger partial charge in [0.05, 0.1) is 11.6 Å². The lowest BCUT2D eigenvalue weighted by Gasteiger charge is -2.35. The van der Waals surface area contributed by atoms with Gasteiger partial charge in [0.2, 0.25) is 5.91 Å². The summed E-state index contributed by atoms with van der Waals surface area (Å²) in [5, 5.41) is 6.09. The number of nitrogens with one attached hydrogen (secondary N) is 2. The van der Waals surface area contributed by atoms with Crippen LogP contribution < -0.4 is 10.6 Å². The van der Waals surface area contributed by atoms with E-state index in [9.17, 15) is 9.18 Å². The molecule has 1 aliphatic rings. The van der Waals surface area contributed by atoms with Gasteiger partial charge >= 0.3 is 0 Å². The van der Waals surface area contributed by atoms with Crippen molar-refractivity contribution in [2.75, 3.05) is 31.5 Å². The molecule has 5 nitrogen and oxygen atoms in total. The van der Waals surface area contributed by atoms with Crippen LogP contribution in [0.5, 0.6) is 0 Å². The summed E-state index contributed by atoms with van der Waals surface area (Å²) in [7, 11) is 0. The minimum Gasteiger partial charge on any atom is -0.325 e. The maximum absolute atomic E-state index is 13.2. The number of benzene rings is 1. The van der Waals surface area contributed by atoms with Gasteiger partial charge in [0.25, 0.3) is 0 Å². The molecule has 1 aliphatic heterocycles. The monoisotopic (exact) mass is 348 g/mol. The summed E-state index contributed by atoms with van der Waals surface area (Å²) in [4.78, 5) is 18.6. The lowest BCUT2D eigenvalue weighted by atomic mass is 10.1. The molecule has 1 aromatic carbocycles. The molecule has 1 atom stereocenters. The highest BCUT2D eigenvalue weighted by Gasteiger charge is 2.25. The number of hydrogen-bond donors (Lipinski definition) is 2. The van der Waals surface area contributed by atoms with Gasteiger partial charge in [0.1, 0.15) is 5.82 Å². The molecule has 0 aliphatic carbocycles. The van der Waals surface area contributed by atoms with Crippen molar-refractivity contribution < 1.29 is 9.18 Å². The van der Waals surface area contributed by atoms with Crippen molar-refractivity contribution in [3.8, 4) is 0 Å². The summed E-state index contributed by atoms with van der Waals surface area (Å²) in [6.07, 6.45) is 3.55. The van der Waals surface area contributed by atoms with E-state index in [1.807, 2.05) is 18.3 Å². The van der Waals surface area contributed by atoms with E-state index in [-0.39, 0.29) is 23.5 Å². The number of piperazine rings is 1. The van der Waals surface area contributed by atoms with Gasteiger partial charge in [0, 0.05) is 43.8 Å². The fourth-order valence-electron chi connectivity index (χ4n) is 2.80. The lowest BCUT2D eigenvalue weighted by Crippen LogP contribution is -2.48. The molecule has 0 saturated carbocycles. The molecule has 1 fully saturated rings. The van der Waals surface area contributed by atoms with Crippen molar-refractivity contribution in [2.24, 2.45) is 0 Å². The average Bonchev–Trinajstić information content (AvgIpc) is 2.59.